The number of halogens is 1. The second kappa shape index (κ2) is 5.46. The van der Waals surface area contributed by atoms with Gasteiger partial charge in [-0.15, -0.1) is 0 Å². The summed E-state index contributed by atoms with van der Waals surface area (Å²) in [5, 5.41) is 0. The van der Waals surface area contributed by atoms with Gasteiger partial charge in [0.25, 0.3) is 5.91 Å². The average Bonchev–Trinajstić information content (AvgIpc) is 2.15. The largest absolute Gasteiger partial charge is 0.484 e. The van der Waals surface area contributed by atoms with Gasteiger partial charge in [-0.05, 0) is 37.1 Å². The van der Waals surface area contributed by atoms with Crippen molar-refractivity contribution < 1.29 is 13.9 Å². The quantitative estimate of drug-likeness (QED) is 0.770. The first-order valence-corrected chi connectivity index (χ1v) is 4.94. The van der Waals surface area contributed by atoms with E-state index in [1.165, 1.54) is 18.2 Å². The molecule has 0 aliphatic carbocycles. The van der Waals surface area contributed by atoms with Crippen LogP contribution in [0.15, 0.2) is 18.2 Å². The molecule has 1 rings (SSSR count). The van der Waals surface area contributed by atoms with Crippen molar-refractivity contribution in [1.82, 2.24) is 0 Å². The van der Waals surface area contributed by atoms with Crippen molar-refractivity contribution in [2.45, 2.75) is 19.4 Å². The lowest BCUT2D eigenvalue weighted by Gasteiger charge is -2.12. The summed E-state index contributed by atoms with van der Waals surface area (Å²) in [7, 11) is 0. The first kappa shape index (κ1) is 12.4. The lowest BCUT2D eigenvalue weighted by Crippen LogP contribution is -2.22. The SMILES string of the molecule is CC(N)Cc1cc(F)ccc1OCC(N)=O. The number of benzene rings is 1. The monoisotopic (exact) mass is 226 g/mol. The molecule has 4 N–H and O–H groups in total. The molecule has 0 aromatic heterocycles. The molecule has 16 heavy (non-hydrogen) atoms. The third kappa shape index (κ3) is 3.86. The second-order valence-corrected chi connectivity index (χ2v) is 3.69. The van der Waals surface area contributed by atoms with Crippen LogP contribution in [0.1, 0.15) is 12.5 Å². The van der Waals surface area contributed by atoms with E-state index < -0.39 is 5.91 Å². The maximum Gasteiger partial charge on any atom is 0.255 e. The molecule has 0 aliphatic heterocycles. The van der Waals surface area contributed by atoms with Crippen LogP contribution in [-0.2, 0) is 11.2 Å². The lowest BCUT2D eigenvalue weighted by molar-refractivity contribution is -0.119. The van der Waals surface area contributed by atoms with Gasteiger partial charge in [0.1, 0.15) is 11.6 Å². The minimum absolute atomic E-state index is 0.113. The van der Waals surface area contributed by atoms with Gasteiger partial charge in [0, 0.05) is 6.04 Å². The first-order chi connectivity index (χ1) is 7.49. The molecule has 1 amide bonds. The normalized spacial score (nSPS) is 12.2. The smallest absolute Gasteiger partial charge is 0.255 e. The van der Waals surface area contributed by atoms with Crippen molar-refractivity contribution in [2.24, 2.45) is 11.5 Å². The van der Waals surface area contributed by atoms with Gasteiger partial charge >= 0.3 is 0 Å². The first-order valence-electron chi connectivity index (χ1n) is 4.94. The molecule has 1 unspecified atom stereocenters. The van der Waals surface area contributed by atoms with Crippen LogP contribution in [0.2, 0.25) is 0 Å². The van der Waals surface area contributed by atoms with Crippen LogP contribution >= 0.6 is 0 Å². The van der Waals surface area contributed by atoms with Gasteiger partial charge in [-0.25, -0.2) is 4.39 Å². The van der Waals surface area contributed by atoms with Crippen molar-refractivity contribution in [2.75, 3.05) is 6.61 Å². The molecule has 1 atom stereocenters. The van der Waals surface area contributed by atoms with Crippen LogP contribution < -0.4 is 16.2 Å². The summed E-state index contributed by atoms with van der Waals surface area (Å²) in [6.07, 6.45) is 0.478. The fraction of sp³-hybridized carbons (Fsp3) is 0.364. The molecule has 4 nitrogen and oxygen atoms in total. The summed E-state index contributed by atoms with van der Waals surface area (Å²) in [5.41, 5.74) is 11.2. The van der Waals surface area contributed by atoms with E-state index in [0.29, 0.717) is 17.7 Å². The van der Waals surface area contributed by atoms with E-state index in [9.17, 15) is 9.18 Å². The summed E-state index contributed by atoms with van der Waals surface area (Å²) in [5.74, 6) is -0.490. The highest BCUT2D eigenvalue weighted by Crippen LogP contribution is 2.20. The van der Waals surface area contributed by atoms with E-state index in [1.54, 1.807) is 0 Å². The van der Waals surface area contributed by atoms with Crippen LogP contribution in [0.4, 0.5) is 4.39 Å². The summed E-state index contributed by atoms with van der Waals surface area (Å²) < 4.78 is 18.2. The number of ether oxygens (including phenoxy) is 1. The Labute approximate surface area is 93.4 Å². The number of hydrogen-bond acceptors (Lipinski definition) is 3. The van der Waals surface area contributed by atoms with Gasteiger partial charge in [-0.3, -0.25) is 4.79 Å². The highest BCUT2D eigenvalue weighted by Gasteiger charge is 2.08. The van der Waals surface area contributed by atoms with Gasteiger partial charge in [0.15, 0.2) is 6.61 Å². The Bertz CT molecular complexity index is 380. The van der Waals surface area contributed by atoms with Crippen LogP contribution in [0.25, 0.3) is 0 Å². The minimum atomic E-state index is -0.573. The van der Waals surface area contributed by atoms with Gasteiger partial charge in [-0.1, -0.05) is 0 Å². The minimum Gasteiger partial charge on any atom is -0.484 e. The van der Waals surface area contributed by atoms with Crippen LogP contribution in [0, 0.1) is 5.82 Å². The maximum atomic E-state index is 13.0. The van der Waals surface area contributed by atoms with E-state index >= 15 is 0 Å². The van der Waals surface area contributed by atoms with E-state index in [4.69, 9.17) is 16.2 Å². The van der Waals surface area contributed by atoms with Gasteiger partial charge < -0.3 is 16.2 Å². The fourth-order valence-corrected chi connectivity index (χ4v) is 1.34. The van der Waals surface area contributed by atoms with Crippen molar-refractivity contribution in [1.29, 1.82) is 0 Å². The summed E-state index contributed by atoms with van der Waals surface area (Å²) >= 11 is 0. The molecule has 0 bridgehead atoms. The Hall–Kier alpha value is -1.62. The molecule has 0 aliphatic rings. The maximum absolute atomic E-state index is 13.0. The van der Waals surface area contributed by atoms with Gasteiger partial charge in [0.05, 0.1) is 0 Å². The van der Waals surface area contributed by atoms with E-state index in [1.807, 2.05) is 6.92 Å². The molecule has 1 aromatic carbocycles. The van der Waals surface area contributed by atoms with Crippen molar-refractivity contribution in [3.63, 3.8) is 0 Å². The predicted molar refractivity (Wildman–Crippen MR) is 58.4 cm³/mol. The number of nitrogens with two attached hydrogens (primary N) is 2. The number of primary amides is 1. The second-order valence-electron chi connectivity index (χ2n) is 3.69. The lowest BCUT2D eigenvalue weighted by atomic mass is 10.1. The van der Waals surface area contributed by atoms with Crippen LogP contribution in [-0.4, -0.2) is 18.6 Å². The Morgan fingerprint density at radius 2 is 2.25 bits per heavy atom. The predicted octanol–water partition coefficient (Wildman–Crippen LogP) is 0.580. The summed E-state index contributed by atoms with van der Waals surface area (Å²) in [4.78, 5) is 10.6. The van der Waals surface area contributed by atoms with Crippen LogP contribution in [0.3, 0.4) is 0 Å². The molecule has 0 saturated heterocycles. The summed E-state index contributed by atoms with van der Waals surface area (Å²) in [6.45, 7) is 1.58. The van der Waals surface area contributed by atoms with Crippen molar-refractivity contribution in [3.8, 4) is 5.75 Å². The Kier molecular flexibility index (Phi) is 4.25. The summed E-state index contributed by atoms with van der Waals surface area (Å²) in [6, 6.07) is 3.97. The zero-order valence-corrected chi connectivity index (χ0v) is 9.07. The highest BCUT2D eigenvalue weighted by molar-refractivity contribution is 5.75. The molecule has 0 saturated carbocycles. The molecule has 5 heteroatoms. The number of rotatable bonds is 5. The van der Waals surface area contributed by atoms with E-state index in [-0.39, 0.29) is 18.5 Å². The van der Waals surface area contributed by atoms with Gasteiger partial charge in [0.2, 0.25) is 0 Å². The van der Waals surface area contributed by atoms with E-state index in [2.05, 4.69) is 0 Å². The third-order valence-corrected chi connectivity index (χ3v) is 1.93. The highest BCUT2D eigenvalue weighted by atomic mass is 19.1. The zero-order valence-electron chi connectivity index (χ0n) is 9.07. The molecule has 1 aromatic rings. The topological polar surface area (TPSA) is 78.3 Å². The molecule has 0 fully saturated rings. The molecular weight excluding hydrogens is 211 g/mol. The number of carbonyl (C=O) groups is 1. The number of amides is 1. The van der Waals surface area contributed by atoms with E-state index in [0.717, 1.165) is 0 Å². The molecule has 0 heterocycles. The molecular formula is C11H15FN2O2. The zero-order chi connectivity index (χ0) is 12.1. The fourth-order valence-electron chi connectivity index (χ4n) is 1.34. The number of hydrogen-bond donors (Lipinski definition) is 2. The Morgan fingerprint density at radius 3 is 2.81 bits per heavy atom. The average molecular weight is 226 g/mol. The standard InChI is InChI=1S/C11H15FN2O2/c1-7(13)4-8-5-9(12)2-3-10(8)16-6-11(14)15/h2-3,5,7H,4,6,13H2,1H3,(H2,14,15). The molecule has 88 valence electrons. The Balaban J connectivity index is 2.84. The van der Waals surface area contributed by atoms with Crippen molar-refractivity contribution >= 4 is 5.91 Å². The Morgan fingerprint density at radius 1 is 1.56 bits per heavy atom. The van der Waals surface area contributed by atoms with Crippen molar-refractivity contribution in [3.05, 3.63) is 29.6 Å². The third-order valence-electron chi connectivity index (χ3n) is 1.93. The number of carbonyl (C=O) groups excluding carboxylic acids is 1. The molecule has 0 radical (unpaired) electrons. The van der Waals surface area contributed by atoms with Gasteiger partial charge in [-0.2, -0.15) is 0 Å². The molecule has 0 spiro atoms. The van der Waals surface area contributed by atoms with Crippen LogP contribution in [0.5, 0.6) is 5.75 Å².